The molecule has 2 rings (SSSR count). The minimum Gasteiger partial charge on any atom is -0.365 e. The number of rotatable bonds is 1. The van der Waals surface area contributed by atoms with E-state index >= 15 is 0 Å². The summed E-state index contributed by atoms with van der Waals surface area (Å²) in [7, 11) is 0. The zero-order valence-corrected chi connectivity index (χ0v) is 8.15. The Labute approximate surface area is 82.5 Å². The molecule has 2 N–H and O–H groups in total. The minimum atomic E-state index is -0.470. The molecule has 0 aliphatic heterocycles. The first-order valence-corrected chi connectivity index (χ1v) is 4.41. The fourth-order valence-corrected chi connectivity index (χ4v) is 1.73. The minimum absolute atomic E-state index is 0.424. The third-order valence-corrected chi connectivity index (χ3v) is 2.40. The first kappa shape index (κ1) is 8.25. The number of nitrogens with zero attached hydrogens (tertiary/aromatic N) is 2. The van der Waals surface area contributed by atoms with Gasteiger partial charge in [0.25, 0.3) is 5.91 Å². The van der Waals surface area contributed by atoms with E-state index in [1.54, 1.807) is 10.7 Å². The highest BCUT2D eigenvalue weighted by Gasteiger charge is 2.10. The van der Waals surface area contributed by atoms with Gasteiger partial charge in [0.1, 0.15) is 0 Å². The summed E-state index contributed by atoms with van der Waals surface area (Å²) in [5.74, 6) is -0.470. The van der Waals surface area contributed by atoms with Crippen LogP contribution in [0.2, 0.25) is 0 Å². The molecule has 13 heavy (non-hydrogen) atoms. The molecule has 2 aromatic rings. The maximum Gasteiger partial charge on any atom is 0.252 e. The number of hydrogen-bond acceptors (Lipinski definition) is 2. The van der Waals surface area contributed by atoms with Gasteiger partial charge in [-0.1, -0.05) is 0 Å². The van der Waals surface area contributed by atoms with Crippen molar-refractivity contribution in [2.24, 2.45) is 5.73 Å². The second-order valence-corrected chi connectivity index (χ2v) is 3.43. The van der Waals surface area contributed by atoms with Crippen LogP contribution >= 0.6 is 15.9 Å². The molecule has 0 bridgehead atoms. The second kappa shape index (κ2) is 2.85. The number of halogens is 1. The van der Waals surface area contributed by atoms with Crippen LogP contribution in [0.25, 0.3) is 5.52 Å². The van der Waals surface area contributed by atoms with Crippen LogP contribution in [0.1, 0.15) is 10.4 Å². The van der Waals surface area contributed by atoms with Gasteiger partial charge in [-0.05, 0) is 28.1 Å². The highest BCUT2D eigenvalue weighted by molar-refractivity contribution is 9.10. The van der Waals surface area contributed by atoms with Crippen molar-refractivity contribution in [3.63, 3.8) is 0 Å². The van der Waals surface area contributed by atoms with Gasteiger partial charge >= 0.3 is 0 Å². The van der Waals surface area contributed by atoms with Gasteiger partial charge in [-0.3, -0.25) is 4.79 Å². The maximum atomic E-state index is 11.0. The molecule has 0 aromatic carbocycles. The molecule has 4 nitrogen and oxygen atoms in total. The van der Waals surface area contributed by atoms with Gasteiger partial charge in [0.2, 0.25) is 0 Å². The van der Waals surface area contributed by atoms with Gasteiger partial charge in [-0.25, -0.2) is 4.52 Å². The van der Waals surface area contributed by atoms with Crippen molar-refractivity contribution in [1.82, 2.24) is 9.61 Å². The lowest BCUT2D eigenvalue weighted by Gasteiger charge is -1.96. The molecule has 66 valence electrons. The molecule has 0 saturated carbocycles. The quantitative estimate of drug-likeness (QED) is 0.813. The summed E-state index contributed by atoms with van der Waals surface area (Å²) in [6.07, 6.45) is 3.22. The molecule has 2 aromatic heterocycles. The molecule has 0 atom stereocenters. The number of fused-ring (bicyclic) bond motifs is 1. The van der Waals surface area contributed by atoms with E-state index in [4.69, 9.17) is 5.73 Å². The molecule has 0 unspecified atom stereocenters. The van der Waals surface area contributed by atoms with Gasteiger partial charge in [-0.2, -0.15) is 5.10 Å². The number of nitrogens with two attached hydrogens (primary N) is 1. The van der Waals surface area contributed by atoms with Gasteiger partial charge in [0, 0.05) is 10.7 Å². The second-order valence-electron chi connectivity index (χ2n) is 2.57. The summed E-state index contributed by atoms with van der Waals surface area (Å²) < 4.78 is 2.41. The van der Waals surface area contributed by atoms with Crippen LogP contribution in [-0.2, 0) is 0 Å². The largest absolute Gasteiger partial charge is 0.365 e. The van der Waals surface area contributed by atoms with E-state index in [9.17, 15) is 4.79 Å². The lowest BCUT2D eigenvalue weighted by Crippen LogP contribution is -2.10. The van der Waals surface area contributed by atoms with Crippen LogP contribution in [0.15, 0.2) is 29.0 Å². The molecular weight excluding hydrogens is 234 g/mol. The number of carbonyl (C=O) groups is 1. The first-order valence-electron chi connectivity index (χ1n) is 3.62. The third-order valence-electron chi connectivity index (χ3n) is 1.76. The summed E-state index contributed by atoms with van der Waals surface area (Å²) in [6.45, 7) is 0. The number of primary amides is 1. The maximum absolute atomic E-state index is 11.0. The molecule has 0 saturated heterocycles. The monoisotopic (exact) mass is 239 g/mol. The number of pyridine rings is 1. The Morgan fingerprint density at radius 3 is 3.08 bits per heavy atom. The van der Waals surface area contributed by atoms with Crippen molar-refractivity contribution in [2.45, 2.75) is 0 Å². The van der Waals surface area contributed by atoms with E-state index in [0.29, 0.717) is 11.1 Å². The van der Waals surface area contributed by atoms with Crippen LogP contribution < -0.4 is 5.73 Å². The molecule has 1 amide bonds. The van der Waals surface area contributed by atoms with E-state index in [1.807, 2.05) is 12.1 Å². The van der Waals surface area contributed by atoms with Gasteiger partial charge in [-0.15, -0.1) is 0 Å². The van der Waals surface area contributed by atoms with Gasteiger partial charge in [0.05, 0.1) is 17.3 Å². The van der Waals surface area contributed by atoms with E-state index < -0.39 is 5.91 Å². The van der Waals surface area contributed by atoms with Crippen molar-refractivity contribution < 1.29 is 4.79 Å². The Hall–Kier alpha value is -1.36. The summed E-state index contributed by atoms with van der Waals surface area (Å²) in [4.78, 5) is 11.0. The number of carbonyl (C=O) groups excluding carboxylic acids is 1. The molecule has 2 heterocycles. The van der Waals surface area contributed by atoms with Gasteiger partial charge < -0.3 is 5.73 Å². The molecule has 0 radical (unpaired) electrons. The SMILES string of the molecule is NC(=O)c1cnn2cccc(Br)c12. The lowest BCUT2D eigenvalue weighted by molar-refractivity contribution is 0.100. The normalized spacial score (nSPS) is 10.5. The highest BCUT2D eigenvalue weighted by Crippen LogP contribution is 2.20. The molecule has 5 heteroatoms. The zero-order valence-electron chi connectivity index (χ0n) is 6.57. The summed E-state index contributed by atoms with van der Waals surface area (Å²) in [5, 5.41) is 3.99. The topological polar surface area (TPSA) is 60.4 Å². The predicted octanol–water partition coefficient (Wildman–Crippen LogP) is 1.20. The fraction of sp³-hybridized carbons (Fsp3) is 0. The lowest BCUT2D eigenvalue weighted by atomic mass is 10.2. The smallest absolute Gasteiger partial charge is 0.252 e. The van der Waals surface area contributed by atoms with E-state index in [0.717, 1.165) is 4.47 Å². The predicted molar refractivity (Wildman–Crippen MR) is 51.4 cm³/mol. The van der Waals surface area contributed by atoms with E-state index in [1.165, 1.54) is 6.20 Å². The van der Waals surface area contributed by atoms with Gasteiger partial charge in [0.15, 0.2) is 0 Å². The number of hydrogen-bond donors (Lipinski definition) is 1. The van der Waals surface area contributed by atoms with Crippen LogP contribution in [0, 0.1) is 0 Å². The van der Waals surface area contributed by atoms with Crippen LogP contribution in [0.5, 0.6) is 0 Å². The van der Waals surface area contributed by atoms with Crippen LogP contribution in [-0.4, -0.2) is 15.5 Å². The average molecular weight is 240 g/mol. The number of aromatic nitrogens is 2. The number of amides is 1. The molecule has 0 aliphatic carbocycles. The van der Waals surface area contributed by atoms with Crippen molar-refractivity contribution in [3.8, 4) is 0 Å². The Bertz CT molecular complexity index is 477. The van der Waals surface area contributed by atoms with Crippen LogP contribution in [0.3, 0.4) is 0 Å². The summed E-state index contributed by atoms with van der Waals surface area (Å²) in [5.41, 5.74) is 6.31. The fourth-order valence-electron chi connectivity index (χ4n) is 1.18. The Morgan fingerprint density at radius 1 is 1.62 bits per heavy atom. The Morgan fingerprint density at radius 2 is 2.38 bits per heavy atom. The average Bonchev–Trinajstić information content (AvgIpc) is 2.49. The van der Waals surface area contributed by atoms with Crippen molar-refractivity contribution in [3.05, 3.63) is 34.6 Å². The summed E-state index contributed by atoms with van der Waals surface area (Å²) in [6, 6.07) is 3.66. The molecular formula is C8H6BrN3O. The van der Waals surface area contributed by atoms with Crippen molar-refractivity contribution >= 4 is 27.4 Å². The molecule has 0 fully saturated rings. The summed E-state index contributed by atoms with van der Waals surface area (Å²) >= 11 is 3.33. The highest BCUT2D eigenvalue weighted by atomic mass is 79.9. The Kier molecular flexibility index (Phi) is 1.81. The molecule has 0 spiro atoms. The zero-order chi connectivity index (χ0) is 9.42. The first-order chi connectivity index (χ1) is 6.20. The van der Waals surface area contributed by atoms with E-state index in [2.05, 4.69) is 21.0 Å². The Balaban J connectivity index is 2.86. The van der Waals surface area contributed by atoms with Crippen LogP contribution in [0.4, 0.5) is 0 Å². The standard InChI is InChI=1S/C8H6BrN3O/c9-6-2-1-3-12-7(6)5(4-11-12)8(10)13/h1-4H,(H2,10,13). The third kappa shape index (κ3) is 1.21. The van der Waals surface area contributed by atoms with Crippen molar-refractivity contribution in [1.29, 1.82) is 0 Å². The van der Waals surface area contributed by atoms with Crippen molar-refractivity contribution in [2.75, 3.05) is 0 Å². The van der Waals surface area contributed by atoms with E-state index in [-0.39, 0.29) is 0 Å². The molecule has 0 aliphatic rings.